The second-order valence-corrected chi connectivity index (χ2v) is 7.91. The van der Waals surface area contributed by atoms with Gasteiger partial charge >= 0.3 is 0 Å². The van der Waals surface area contributed by atoms with Gasteiger partial charge in [0.2, 0.25) is 0 Å². The van der Waals surface area contributed by atoms with Crippen molar-refractivity contribution in [1.29, 1.82) is 0 Å². The van der Waals surface area contributed by atoms with E-state index in [9.17, 15) is 0 Å². The molecule has 0 radical (unpaired) electrons. The number of halogens is 1. The molecule has 184 valence electrons. The second-order valence-electron chi connectivity index (χ2n) is 7.91. The van der Waals surface area contributed by atoms with E-state index < -0.39 is 0 Å². The molecule has 8 heteroatoms. The van der Waals surface area contributed by atoms with Gasteiger partial charge in [-0.3, -0.25) is 9.89 Å². The molecule has 0 bridgehead atoms. The number of rotatable bonds is 12. The number of hydrogen-bond donors (Lipinski definition) is 1. The van der Waals surface area contributed by atoms with Crippen LogP contribution in [0.3, 0.4) is 0 Å². The summed E-state index contributed by atoms with van der Waals surface area (Å²) in [5.74, 6) is 2.85. The minimum absolute atomic E-state index is 0. The summed E-state index contributed by atoms with van der Waals surface area (Å²) in [5, 5.41) is 3.48. The number of unbranched alkanes of at least 4 members (excludes halogenated alkanes) is 1. The maximum atomic E-state index is 5.55. The van der Waals surface area contributed by atoms with Crippen molar-refractivity contribution in [2.24, 2.45) is 4.99 Å². The number of ether oxygens (including phenoxy) is 2. The summed E-state index contributed by atoms with van der Waals surface area (Å²) in [5.41, 5.74) is 1.17. The van der Waals surface area contributed by atoms with E-state index in [0.717, 1.165) is 82.8 Å². The van der Waals surface area contributed by atoms with Gasteiger partial charge in [-0.05, 0) is 57.6 Å². The van der Waals surface area contributed by atoms with E-state index in [4.69, 9.17) is 14.5 Å². The number of nitrogens with zero attached hydrogens (tertiary/aromatic N) is 4. The van der Waals surface area contributed by atoms with Gasteiger partial charge in [-0.15, -0.1) is 24.0 Å². The molecule has 1 saturated heterocycles. The Hall–Kier alpha value is -1.26. The van der Waals surface area contributed by atoms with Crippen LogP contribution in [0.25, 0.3) is 0 Å². The van der Waals surface area contributed by atoms with Crippen LogP contribution in [0.2, 0.25) is 0 Å². The van der Waals surface area contributed by atoms with E-state index in [-0.39, 0.29) is 24.0 Å². The molecule has 2 rings (SSSR count). The molecule has 32 heavy (non-hydrogen) atoms. The molecule has 7 nitrogen and oxygen atoms in total. The lowest BCUT2D eigenvalue weighted by Crippen LogP contribution is -2.52. The topological polar surface area (TPSA) is 52.6 Å². The first kappa shape index (κ1) is 28.8. The molecule has 1 heterocycles. The highest BCUT2D eigenvalue weighted by molar-refractivity contribution is 14.0. The third-order valence-electron chi connectivity index (χ3n) is 5.93. The van der Waals surface area contributed by atoms with E-state index >= 15 is 0 Å². The van der Waals surface area contributed by atoms with Crippen LogP contribution in [0.4, 0.5) is 0 Å². The Balaban J connectivity index is 0.00000512. The van der Waals surface area contributed by atoms with Crippen molar-refractivity contribution in [2.45, 2.75) is 40.2 Å². The first-order valence-electron chi connectivity index (χ1n) is 11.8. The van der Waals surface area contributed by atoms with E-state index in [1.54, 1.807) is 14.2 Å². The standard InChI is InChI=1S/C24H43N5O2.HI/c1-6-25-24(26-13-9-10-14-27(7-2)8-3)29-17-15-28(16-18-29)20-21-19-22(30-4)11-12-23(21)31-5;/h11-12,19H,6-10,13-18,20H2,1-5H3,(H,25,26);1H. The van der Waals surface area contributed by atoms with Crippen molar-refractivity contribution in [2.75, 3.05) is 73.1 Å². The average Bonchev–Trinajstić information content (AvgIpc) is 2.81. The SMILES string of the molecule is CCNC(=NCCCCN(CC)CC)N1CCN(Cc2cc(OC)ccc2OC)CC1.I. The third-order valence-corrected chi connectivity index (χ3v) is 5.93. The summed E-state index contributed by atoms with van der Waals surface area (Å²) in [4.78, 5) is 12.2. The number of benzene rings is 1. The van der Waals surface area contributed by atoms with Gasteiger partial charge in [0.25, 0.3) is 0 Å². The highest BCUT2D eigenvalue weighted by Crippen LogP contribution is 2.25. The van der Waals surface area contributed by atoms with Gasteiger partial charge in [0.1, 0.15) is 11.5 Å². The van der Waals surface area contributed by atoms with Crippen LogP contribution >= 0.6 is 24.0 Å². The average molecular weight is 562 g/mol. The summed E-state index contributed by atoms with van der Waals surface area (Å²) < 4.78 is 10.9. The number of guanidine groups is 1. The van der Waals surface area contributed by atoms with E-state index in [2.05, 4.69) is 46.9 Å². The highest BCUT2D eigenvalue weighted by atomic mass is 127. The first-order chi connectivity index (χ1) is 15.1. The van der Waals surface area contributed by atoms with Crippen LogP contribution in [0.15, 0.2) is 23.2 Å². The fourth-order valence-electron chi connectivity index (χ4n) is 3.96. The lowest BCUT2D eigenvalue weighted by Gasteiger charge is -2.36. The highest BCUT2D eigenvalue weighted by Gasteiger charge is 2.20. The van der Waals surface area contributed by atoms with Gasteiger partial charge in [-0.1, -0.05) is 13.8 Å². The van der Waals surface area contributed by atoms with Gasteiger partial charge in [0.15, 0.2) is 5.96 Å². The van der Waals surface area contributed by atoms with Gasteiger partial charge in [0, 0.05) is 51.4 Å². The molecular weight excluding hydrogens is 517 g/mol. The normalized spacial score (nSPS) is 14.9. The van der Waals surface area contributed by atoms with E-state index in [1.165, 1.54) is 18.5 Å². The summed E-state index contributed by atoms with van der Waals surface area (Å²) in [6.07, 6.45) is 2.35. The van der Waals surface area contributed by atoms with Crippen molar-refractivity contribution >= 4 is 29.9 Å². The van der Waals surface area contributed by atoms with Crippen LogP contribution in [0.1, 0.15) is 39.2 Å². The summed E-state index contributed by atoms with van der Waals surface area (Å²) in [6.45, 7) is 16.7. The fraction of sp³-hybridized carbons (Fsp3) is 0.708. The summed E-state index contributed by atoms with van der Waals surface area (Å²) in [6, 6.07) is 6.01. The largest absolute Gasteiger partial charge is 0.497 e. The molecule has 0 saturated carbocycles. The monoisotopic (exact) mass is 561 g/mol. The first-order valence-corrected chi connectivity index (χ1v) is 11.8. The molecule has 0 aromatic heterocycles. The number of aliphatic imine (C=N–C) groups is 1. The molecule has 1 fully saturated rings. The van der Waals surface area contributed by atoms with Crippen LogP contribution < -0.4 is 14.8 Å². The van der Waals surface area contributed by atoms with Crippen molar-refractivity contribution in [3.63, 3.8) is 0 Å². The Labute approximate surface area is 212 Å². The zero-order valence-electron chi connectivity index (χ0n) is 20.7. The lowest BCUT2D eigenvalue weighted by atomic mass is 10.1. The van der Waals surface area contributed by atoms with Crippen LogP contribution in [0.5, 0.6) is 11.5 Å². The van der Waals surface area contributed by atoms with Crippen molar-refractivity contribution in [1.82, 2.24) is 20.0 Å². The fourth-order valence-corrected chi connectivity index (χ4v) is 3.96. The quantitative estimate of drug-likeness (QED) is 0.183. The van der Waals surface area contributed by atoms with Crippen molar-refractivity contribution in [3.05, 3.63) is 23.8 Å². The Morgan fingerprint density at radius 3 is 2.34 bits per heavy atom. The van der Waals surface area contributed by atoms with Crippen LogP contribution in [-0.2, 0) is 6.54 Å². The molecule has 0 aliphatic carbocycles. The lowest BCUT2D eigenvalue weighted by molar-refractivity contribution is 0.171. The van der Waals surface area contributed by atoms with Gasteiger partial charge < -0.3 is 24.6 Å². The van der Waals surface area contributed by atoms with Crippen LogP contribution in [-0.4, -0.2) is 93.8 Å². The predicted octanol–water partition coefficient (Wildman–Crippen LogP) is 3.53. The van der Waals surface area contributed by atoms with Gasteiger partial charge in [-0.25, -0.2) is 0 Å². The number of nitrogens with one attached hydrogen (secondary N) is 1. The zero-order chi connectivity index (χ0) is 22.5. The van der Waals surface area contributed by atoms with E-state index in [1.807, 2.05) is 12.1 Å². The molecule has 1 aromatic carbocycles. The molecule has 0 amide bonds. The summed E-state index contributed by atoms with van der Waals surface area (Å²) in [7, 11) is 3.43. The smallest absolute Gasteiger partial charge is 0.194 e. The Kier molecular flexibility index (Phi) is 14.7. The molecule has 1 aliphatic heterocycles. The molecule has 0 unspecified atom stereocenters. The van der Waals surface area contributed by atoms with Crippen molar-refractivity contribution in [3.8, 4) is 11.5 Å². The molecule has 0 atom stereocenters. The number of methoxy groups -OCH3 is 2. The molecular formula is C24H44IN5O2. The molecule has 1 aliphatic rings. The predicted molar refractivity (Wildman–Crippen MR) is 145 cm³/mol. The minimum Gasteiger partial charge on any atom is -0.497 e. The third kappa shape index (κ3) is 9.31. The molecule has 1 N–H and O–H groups in total. The Morgan fingerprint density at radius 2 is 1.75 bits per heavy atom. The number of piperazine rings is 1. The molecule has 1 aromatic rings. The van der Waals surface area contributed by atoms with Crippen molar-refractivity contribution < 1.29 is 9.47 Å². The maximum absolute atomic E-state index is 5.55. The second kappa shape index (κ2) is 16.4. The zero-order valence-corrected chi connectivity index (χ0v) is 23.1. The number of hydrogen-bond acceptors (Lipinski definition) is 5. The van der Waals surface area contributed by atoms with E-state index in [0.29, 0.717) is 0 Å². The molecule has 0 spiro atoms. The minimum atomic E-state index is 0. The maximum Gasteiger partial charge on any atom is 0.194 e. The van der Waals surface area contributed by atoms with Crippen LogP contribution in [0, 0.1) is 0 Å². The van der Waals surface area contributed by atoms with Gasteiger partial charge in [0.05, 0.1) is 14.2 Å². The van der Waals surface area contributed by atoms with Gasteiger partial charge in [-0.2, -0.15) is 0 Å². The summed E-state index contributed by atoms with van der Waals surface area (Å²) >= 11 is 0. The Morgan fingerprint density at radius 1 is 1.03 bits per heavy atom. The Bertz CT molecular complexity index is 662.